The molecule has 2 aromatic rings. The molecule has 1 spiro atoms. The Labute approximate surface area is 169 Å². The topological polar surface area (TPSA) is 87.7 Å². The molecule has 2 N–H and O–H groups in total. The van der Waals surface area contributed by atoms with Gasteiger partial charge in [-0.3, -0.25) is 9.59 Å². The van der Waals surface area contributed by atoms with Gasteiger partial charge in [0.15, 0.2) is 0 Å². The average Bonchev–Trinajstić information content (AvgIpc) is 3.28. The van der Waals surface area contributed by atoms with Crippen molar-refractivity contribution in [3.8, 4) is 11.5 Å². The molecule has 4 rings (SSSR count). The SMILES string of the molecule is CC(C(=O)Nc1ccc(Oc2ccccc2)cc1)N1C(=O)NC2(CCCC2)C1=O. The Morgan fingerprint density at radius 3 is 2.31 bits per heavy atom. The average molecular weight is 393 g/mol. The van der Waals surface area contributed by atoms with Gasteiger partial charge in [-0.2, -0.15) is 0 Å². The number of hydrogen-bond acceptors (Lipinski definition) is 4. The molecule has 150 valence electrons. The van der Waals surface area contributed by atoms with Gasteiger partial charge in [-0.05, 0) is 56.2 Å². The Morgan fingerprint density at radius 1 is 1.03 bits per heavy atom. The predicted octanol–water partition coefficient (Wildman–Crippen LogP) is 3.67. The van der Waals surface area contributed by atoms with E-state index in [1.54, 1.807) is 31.2 Å². The molecule has 1 atom stereocenters. The number of carbonyl (C=O) groups is 3. The van der Waals surface area contributed by atoms with Crippen LogP contribution in [0, 0.1) is 0 Å². The fraction of sp³-hybridized carbons (Fsp3) is 0.318. The highest BCUT2D eigenvalue weighted by Crippen LogP contribution is 2.35. The van der Waals surface area contributed by atoms with E-state index < -0.39 is 23.5 Å². The maximum absolute atomic E-state index is 12.8. The van der Waals surface area contributed by atoms with Crippen LogP contribution in [0.25, 0.3) is 0 Å². The van der Waals surface area contributed by atoms with Gasteiger partial charge in [0.05, 0.1) is 0 Å². The number of urea groups is 1. The smallest absolute Gasteiger partial charge is 0.325 e. The van der Waals surface area contributed by atoms with Crippen LogP contribution in [0.1, 0.15) is 32.6 Å². The lowest BCUT2D eigenvalue weighted by Gasteiger charge is -2.23. The number of ether oxygens (including phenoxy) is 1. The first-order valence-electron chi connectivity index (χ1n) is 9.78. The zero-order chi connectivity index (χ0) is 20.4. The highest BCUT2D eigenvalue weighted by atomic mass is 16.5. The van der Waals surface area contributed by atoms with Gasteiger partial charge in [0.25, 0.3) is 5.91 Å². The van der Waals surface area contributed by atoms with Gasteiger partial charge in [-0.15, -0.1) is 0 Å². The maximum Gasteiger partial charge on any atom is 0.325 e. The van der Waals surface area contributed by atoms with Crippen molar-refractivity contribution in [3.05, 3.63) is 54.6 Å². The van der Waals surface area contributed by atoms with Crippen LogP contribution in [0.5, 0.6) is 11.5 Å². The number of nitrogens with one attached hydrogen (secondary N) is 2. The van der Waals surface area contributed by atoms with E-state index in [-0.39, 0.29) is 5.91 Å². The third-order valence-corrected chi connectivity index (χ3v) is 5.52. The normalized spacial score (nSPS) is 18.6. The summed E-state index contributed by atoms with van der Waals surface area (Å²) in [6, 6.07) is 14.9. The zero-order valence-corrected chi connectivity index (χ0v) is 16.2. The van der Waals surface area contributed by atoms with Crippen LogP contribution in [0.4, 0.5) is 10.5 Å². The van der Waals surface area contributed by atoms with Crippen LogP contribution in [0.2, 0.25) is 0 Å². The van der Waals surface area contributed by atoms with Crippen molar-refractivity contribution >= 4 is 23.5 Å². The van der Waals surface area contributed by atoms with Gasteiger partial charge in [0.2, 0.25) is 5.91 Å². The number of amides is 4. The minimum atomic E-state index is -0.900. The summed E-state index contributed by atoms with van der Waals surface area (Å²) in [4.78, 5) is 38.9. The fourth-order valence-electron chi connectivity index (χ4n) is 3.91. The largest absolute Gasteiger partial charge is 0.457 e. The molecule has 0 radical (unpaired) electrons. The quantitative estimate of drug-likeness (QED) is 0.759. The molecule has 2 aromatic carbocycles. The second-order valence-electron chi connectivity index (χ2n) is 7.50. The van der Waals surface area contributed by atoms with E-state index in [9.17, 15) is 14.4 Å². The summed E-state index contributed by atoms with van der Waals surface area (Å²) in [6.07, 6.45) is 3.06. The van der Waals surface area contributed by atoms with Gasteiger partial charge in [-0.25, -0.2) is 9.69 Å². The molecule has 1 saturated carbocycles. The van der Waals surface area contributed by atoms with Crippen molar-refractivity contribution in [3.63, 3.8) is 0 Å². The molecule has 29 heavy (non-hydrogen) atoms. The summed E-state index contributed by atoms with van der Waals surface area (Å²) in [5.74, 6) is 0.645. The molecule has 1 aliphatic carbocycles. The van der Waals surface area contributed by atoms with Gasteiger partial charge in [-0.1, -0.05) is 31.0 Å². The summed E-state index contributed by atoms with van der Waals surface area (Å²) < 4.78 is 5.73. The van der Waals surface area contributed by atoms with Crippen LogP contribution in [0.3, 0.4) is 0 Å². The third-order valence-electron chi connectivity index (χ3n) is 5.52. The van der Waals surface area contributed by atoms with E-state index in [1.165, 1.54) is 0 Å². The van der Waals surface area contributed by atoms with E-state index in [2.05, 4.69) is 10.6 Å². The molecule has 7 nitrogen and oxygen atoms in total. The predicted molar refractivity (Wildman–Crippen MR) is 108 cm³/mol. The molecule has 0 bridgehead atoms. The standard InChI is InChI=1S/C22H23N3O4/c1-15(25-20(27)22(24-21(25)28)13-5-6-14-22)19(26)23-16-9-11-18(12-10-16)29-17-7-3-2-4-8-17/h2-4,7-12,15H,5-6,13-14H2,1H3,(H,23,26)(H,24,28). The fourth-order valence-corrected chi connectivity index (χ4v) is 3.91. The summed E-state index contributed by atoms with van der Waals surface area (Å²) in [6.45, 7) is 1.56. The molecule has 1 heterocycles. The van der Waals surface area contributed by atoms with E-state index >= 15 is 0 Å². The molecule has 1 aliphatic heterocycles. The second kappa shape index (κ2) is 7.58. The van der Waals surface area contributed by atoms with Crippen LogP contribution in [-0.2, 0) is 9.59 Å². The number of carbonyl (C=O) groups excluding carboxylic acids is 3. The molecule has 1 unspecified atom stereocenters. The van der Waals surface area contributed by atoms with E-state index in [0.29, 0.717) is 24.3 Å². The molecule has 2 fully saturated rings. The van der Waals surface area contributed by atoms with Crippen LogP contribution >= 0.6 is 0 Å². The Bertz CT molecular complexity index is 921. The first-order valence-corrected chi connectivity index (χ1v) is 9.78. The summed E-state index contributed by atoms with van der Waals surface area (Å²) >= 11 is 0. The van der Waals surface area contributed by atoms with Crippen LogP contribution in [-0.4, -0.2) is 34.3 Å². The molecule has 2 aliphatic rings. The van der Waals surface area contributed by atoms with Gasteiger partial charge < -0.3 is 15.4 Å². The number of para-hydroxylation sites is 1. The Morgan fingerprint density at radius 2 is 1.66 bits per heavy atom. The summed E-state index contributed by atoms with van der Waals surface area (Å²) in [5.41, 5.74) is -0.257. The highest BCUT2D eigenvalue weighted by molar-refractivity contribution is 6.11. The van der Waals surface area contributed by atoms with Crippen molar-refractivity contribution in [2.45, 2.75) is 44.2 Å². The summed E-state index contributed by atoms with van der Waals surface area (Å²) in [5, 5.41) is 5.56. The number of benzene rings is 2. The number of anilines is 1. The van der Waals surface area contributed by atoms with Gasteiger partial charge in [0, 0.05) is 5.69 Å². The highest BCUT2D eigenvalue weighted by Gasteiger charge is 2.54. The minimum Gasteiger partial charge on any atom is -0.457 e. The van der Waals surface area contributed by atoms with E-state index in [1.807, 2.05) is 30.3 Å². The maximum atomic E-state index is 12.8. The molecular formula is C22H23N3O4. The summed E-state index contributed by atoms with van der Waals surface area (Å²) in [7, 11) is 0. The van der Waals surface area contributed by atoms with Crippen molar-refractivity contribution in [1.29, 1.82) is 0 Å². The Balaban J connectivity index is 1.40. The van der Waals surface area contributed by atoms with Crippen molar-refractivity contribution in [2.24, 2.45) is 0 Å². The molecule has 7 heteroatoms. The number of nitrogens with zero attached hydrogens (tertiary/aromatic N) is 1. The molecule has 4 amide bonds. The van der Waals surface area contributed by atoms with Crippen molar-refractivity contribution in [2.75, 3.05) is 5.32 Å². The first-order chi connectivity index (χ1) is 14.0. The van der Waals surface area contributed by atoms with Crippen LogP contribution < -0.4 is 15.4 Å². The number of rotatable bonds is 5. The second-order valence-corrected chi connectivity index (χ2v) is 7.50. The monoisotopic (exact) mass is 393 g/mol. The zero-order valence-electron chi connectivity index (χ0n) is 16.2. The van der Waals surface area contributed by atoms with Crippen LogP contribution in [0.15, 0.2) is 54.6 Å². The Kier molecular flexibility index (Phi) is 4.96. The van der Waals surface area contributed by atoms with E-state index in [0.717, 1.165) is 23.5 Å². The van der Waals surface area contributed by atoms with Gasteiger partial charge in [0.1, 0.15) is 23.1 Å². The van der Waals surface area contributed by atoms with E-state index in [4.69, 9.17) is 4.74 Å². The first kappa shape index (κ1) is 19.0. The lowest BCUT2D eigenvalue weighted by atomic mass is 9.97. The lowest BCUT2D eigenvalue weighted by Crippen LogP contribution is -2.48. The molecule has 1 saturated heterocycles. The molecular weight excluding hydrogens is 370 g/mol. The number of imide groups is 1. The lowest BCUT2D eigenvalue weighted by molar-refractivity contribution is -0.136. The molecule has 0 aromatic heterocycles. The van der Waals surface area contributed by atoms with Crippen molar-refractivity contribution in [1.82, 2.24) is 10.2 Å². The Hall–Kier alpha value is -3.35. The van der Waals surface area contributed by atoms with Crippen molar-refractivity contribution < 1.29 is 19.1 Å². The number of hydrogen-bond donors (Lipinski definition) is 2. The minimum absolute atomic E-state index is 0.297. The van der Waals surface area contributed by atoms with Gasteiger partial charge >= 0.3 is 6.03 Å². The third kappa shape index (κ3) is 3.68.